The Kier molecular flexibility index (Phi) is 3.61. The largest absolute Gasteiger partial charge is 0.505 e. The summed E-state index contributed by atoms with van der Waals surface area (Å²) in [4.78, 5) is 3.56. The molecule has 1 aromatic heterocycles. The van der Waals surface area contributed by atoms with Gasteiger partial charge in [0.25, 0.3) is 10.1 Å². The summed E-state index contributed by atoms with van der Waals surface area (Å²) in [7, 11) is -4.47. The Labute approximate surface area is 129 Å². The standard InChI is InChI=1S/C13H9N3O4S2/c17-12-9-4-2-1-3-8(9)11(22(18,19)20)7-10(12)15-16-13-14-5-6-21-13/h1-7,17H,(H,18,19,20). The van der Waals surface area contributed by atoms with Crippen molar-refractivity contribution in [1.29, 1.82) is 0 Å². The molecule has 2 aromatic carbocycles. The minimum atomic E-state index is -4.47. The van der Waals surface area contributed by atoms with Crippen molar-refractivity contribution in [2.24, 2.45) is 10.2 Å². The molecule has 3 aromatic rings. The number of hydrogen-bond donors (Lipinski definition) is 2. The van der Waals surface area contributed by atoms with Crippen LogP contribution >= 0.6 is 11.3 Å². The van der Waals surface area contributed by atoms with Gasteiger partial charge in [-0.15, -0.1) is 21.6 Å². The summed E-state index contributed by atoms with van der Waals surface area (Å²) < 4.78 is 32.4. The third-order valence-electron chi connectivity index (χ3n) is 2.90. The number of aromatic nitrogens is 1. The van der Waals surface area contributed by atoms with Crippen molar-refractivity contribution in [2.75, 3.05) is 0 Å². The van der Waals surface area contributed by atoms with Crippen molar-refractivity contribution in [1.82, 2.24) is 4.98 Å². The lowest BCUT2D eigenvalue weighted by Crippen LogP contribution is -1.99. The number of hydrogen-bond acceptors (Lipinski definition) is 7. The van der Waals surface area contributed by atoms with Crippen LogP contribution in [0.1, 0.15) is 0 Å². The number of rotatable bonds is 3. The lowest BCUT2D eigenvalue weighted by Gasteiger charge is -2.08. The molecule has 3 rings (SSSR count). The zero-order chi connectivity index (χ0) is 15.7. The molecule has 0 amide bonds. The molecule has 0 spiro atoms. The van der Waals surface area contributed by atoms with E-state index in [0.717, 1.165) is 6.07 Å². The number of phenols is 1. The van der Waals surface area contributed by atoms with Gasteiger partial charge in [0, 0.05) is 22.3 Å². The van der Waals surface area contributed by atoms with Crippen LogP contribution in [-0.2, 0) is 10.1 Å². The summed E-state index contributed by atoms with van der Waals surface area (Å²) in [5.74, 6) is -0.219. The quantitative estimate of drug-likeness (QED) is 0.560. The molecule has 0 radical (unpaired) electrons. The molecule has 0 saturated heterocycles. The van der Waals surface area contributed by atoms with E-state index in [4.69, 9.17) is 0 Å². The van der Waals surface area contributed by atoms with Crippen molar-refractivity contribution in [2.45, 2.75) is 4.90 Å². The third-order valence-corrected chi connectivity index (χ3v) is 4.45. The average Bonchev–Trinajstić information content (AvgIpc) is 2.99. The molecule has 0 unspecified atom stereocenters. The van der Waals surface area contributed by atoms with E-state index in [0.29, 0.717) is 5.13 Å². The SMILES string of the molecule is O=S(=O)(O)c1cc(N=Nc2nccs2)c(O)c2ccccc12. The molecule has 0 bridgehead atoms. The van der Waals surface area contributed by atoms with E-state index < -0.39 is 10.1 Å². The summed E-state index contributed by atoms with van der Waals surface area (Å²) in [5.41, 5.74) is -0.0680. The van der Waals surface area contributed by atoms with Gasteiger partial charge in [0.2, 0.25) is 5.13 Å². The summed E-state index contributed by atoms with van der Waals surface area (Å²) in [6.45, 7) is 0. The maximum Gasteiger partial charge on any atom is 0.295 e. The number of phenolic OH excluding ortho intramolecular Hbond substituents is 1. The van der Waals surface area contributed by atoms with Gasteiger partial charge in [0.15, 0.2) is 5.75 Å². The lowest BCUT2D eigenvalue weighted by molar-refractivity contribution is 0.480. The molecule has 0 saturated carbocycles. The van der Waals surface area contributed by atoms with Crippen LogP contribution in [0.4, 0.5) is 10.8 Å². The van der Waals surface area contributed by atoms with Gasteiger partial charge >= 0.3 is 0 Å². The number of aromatic hydroxyl groups is 1. The Morgan fingerprint density at radius 3 is 2.50 bits per heavy atom. The second-order valence-corrected chi connectivity index (χ2v) is 6.54. The van der Waals surface area contributed by atoms with E-state index in [9.17, 15) is 18.1 Å². The highest BCUT2D eigenvalue weighted by Crippen LogP contribution is 2.39. The first-order valence-electron chi connectivity index (χ1n) is 6.00. The first kappa shape index (κ1) is 14.6. The highest BCUT2D eigenvalue weighted by molar-refractivity contribution is 7.86. The van der Waals surface area contributed by atoms with Gasteiger partial charge in [-0.3, -0.25) is 4.55 Å². The maximum atomic E-state index is 11.5. The van der Waals surface area contributed by atoms with E-state index in [1.807, 2.05) is 0 Å². The summed E-state index contributed by atoms with van der Waals surface area (Å²) in [5, 5.41) is 20.4. The van der Waals surface area contributed by atoms with E-state index in [-0.39, 0.29) is 27.1 Å². The van der Waals surface area contributed by atoms with Crippen LogP contribution in [0.15, 0.2) is 57.0 Å². The van der Waals surface area contributed by atoms with E-state index in [1.165, 1.54) is 23.5 Å². The van der Waals surface area contributed by atoms with E-state index in [1.54, 1.807) is 23.7 Å². The van der Waals surface area contributed by atoms with E-state index in [2.05, 4.69) is 15.2 Å². The molecule has 0 aliphatic rings. The van der Waals surface area contributed by atoms with Crippen LogP contribution in [-0.4, -0.2) is 23.1 Å². The van der Waals surface area contributed by atoms with Crippen LogP contribution in [0, 0.1) is 0 Å². The molecule has 112 valence electrons. The van der Waals surface area contributed by atoms with Crippen molar-refractivity contribution < 1.29 is 18.1 Å². The topological polar surface area (TPSA) is 112 Å². The molecule has 0 fully saturated rings. The molecule has 2 N–H and O–H groups in total. The molecule has 0 aliphatic heterocycles. The van der Waals surface area contributed by atoms with E-state index >= 15 is 0 Å². The minimum Gasteiger partial charge on any atom is -0.505 e. The fraction of sp³-hybridized carbons (Fsp3) is 0. The zero-order valence-corrected chi connectivity index (χ0v) is 12.5. The van der Waals surface area contributed by atoms with Gasteiger partial charge in [-0.2, -0.15) is 8.42 Å². The minimum absolute atomic E-state index is 0.0680. The van der Waals surface area contributed by atoms with Crippen LogP contribution < -0.4 is 0 Å². The average molecular weight is 335 g/mol. The Hall–Kier alpha value is -2.36. The molecule has 0 atom stereocenters. The second kappa shape index (κ2) is 5.44. The predicted octanol–water partition coefficient (Wildman–Crippen LogP) is 3.66. The predicted molar refractivity (Wildman–Crippen MR) is 81.7 cm³/mol. The van der Waals surface area contributed by atoms with Crippen molar-refractivity contribution in [3.8, 4) is 5.75 Å². The van der Waals surface area contributed by atoms with Crippen LogP contribution in [0.5, 0.6) is 5.75 Å². The van der Waals surface area contributed by atoms with Crippen molar-refractivity contribution in [3.63, 3.8) is 0 Å². The molecule has 7 nitrogen and oxygen atoms in total. The van der Waals surface area contributed by atoms with Gasteiger partial charge in [-0.25, -0.2) is 4.98 Å². The first-order valence-corrected chi connectivity index (χ1v) is 8.32. The summed E-state index contributed by atoms with van der Waals surface area (Å²) in [6, 6.07) is 7.33. The molecule has 1 heterocycles. The third kappa shape index (κ3) is 2.69. The van der Waals surface area contributed by atoms with Crippen molar-refractivity contribution in [3.05, 3.63) is 41.9 Å². The lowest BCUT2D eigenvalue weighted by atomic mass is 10.1. The molecule has 0 aliphatic carbocycles. The summed E-state index contributed by atoms with van der Waals surface area (Å²) in [6.07, 6.45) is 1.54. The number of azo groups is 1. The van der Waals surface area contributed by atoms with Crippen LogP contribution in [0.3, 0.4) is 0 Å². The number of nitrogens with zero attached hydrogens (tertiary/aromatic N) is 3. The van der Waals surface area contributed by atoms with Gasteiger partial charge in [-0.05, 0) is 6.07 Å². The van der Waals surface area contributed by atoms with Gasteiger partial charge in [0.1, 0.15) is 10.6 Å². The van der Waals surface area contributed by atoms with Gasteiger partial charge in [-0.1, -0.05) is 24.3 Å². The highest BCUT2D eigenvalue weighted by atomic mass is 32.2. The highest BCUT2D eigenvalue weighted by Gasteiger charge is 2.19. The number of thiazole rings is 1. The Bertz CT molecular complexity index is 966. The Balaban J connectivity index is 2.25. The van der Waals surface area contributed by atoms with Crippen LogP contribution in [0.25, 0.3) is 10.8 Å². The molecular formula is C13H9N3O4S2. The first-order chi connectivity index (χ1) is 10.5. The fourth-order valence-electron chi connectivity index (χ4n) is 1.96. The molecule has 9 heteroatoms. The smallest absolute Gasteiger partial charge is 0.295 e. The zero-order valence-electron chi connectivity index (χ0n) is 10.9. The summed E-state index contributed by atoms with van der Waals surface area (Å²) >= 11 is 1.24. The number of benzene rings is 2. The Morgan fingerprint density at radius 1 is 1.14 bits per heavy atom. The normalized spacial score (nSPS) is 12.2. The monoisotopic (exact) mass is 335 g/mol. The number of fused-ring (bicyclic) bond motifs is 1. The van der Waals surface area contributed by atoms with Crippen molar-refractivity contribution >= 4 is 43.0 Å². The Morgan fingerprint density at radius 2 is 1.86 bits per heavy atom. The molecule has 22 heavy (non-hydrogen) atoms. The van der Waals surface area contributed by atoms with Gasteiger partial charge in [0.05, 0.1) is 0 Å². The second-order valence-electron chi connectivity index (χ2n) is 4.28. The van der Waals surface area contributed by atoms with Gasteiger partial charge < -0.3 is 5.11 Å². The molecular weight excluding hydrogens is 326 g/mol. The fourth-order valence-corrected chi connectivity index (χ4v) is 3.13. The maximum absolute atomic E-state index is 11.5. The van der Waals surface area contributed by atoms with Crippen LogP contribution in [0.2, 0.25) is 0 Å².